The molecular weight excluding hydrogens is 552 g/mol. The van der Waals surface area contributed by atoms with Crippen molar-refractivity contribution in [2.45, 2.75) is 66.0 Å². The summed E-state index contributed by atoms with van der Waals surface area (Å²) < 4.78 is 32.3. The van der Waals surface area contributed by atoms with Crippen LogP contribution in [0.4, 0.5) is 0 Å². The van der Waals surface area contributed by atoms with Crippen molar-refractivity contribution in [1.82, 2.24) is 0 Å². The van der Waals surface area contributed by atoms with Crippen molar-refractivity contribution in [3.63, 3.8) is 0 Å². The molecule has 12 nitrogen and oxygen atoms in total. The SMILES string of the molecule is C/C=C/C(=O)OC[C@H](OC(=O)/C=C/C)[C@@H](OC(=O)/C=C/C)[C@H](OC(=O)/C=C/C)[C@@H](COC(=O)/C=C/C)OC(=O)/C=C/C. The fourth-order valence-corrected chi connectivity index (χ4v) is 3.07. The zero-order valence-corrected chi connectivity index (χ0v) is 24.6. The molecule has 0 fully saturated rings. The van der Waals surface area contributed by atoms with Crippen LogP contribution in [0.3, 0.4) is 0 Å². The van der Waals surface area contributed by atoms with Gasteiger partial charge in [0, 0.05) is 36.5 Å². The molecule has 0 aliphatic carbocycles. The lowest BCUT2D eigenvalue weighted by molar-refractivity contribution is -0.202. The number of carbonyl (C=O) groups excluding carboxylic acids is 6. The summed E-state index contributed by atoms with van der Waals surface area (Å²) in [5.41, 5.74) is 0. The van der Waals surface area contributed by atoms with Gasteiger partial charge < -0.3 is 28.4 Å². The Hall–Kier alpha value is -4.74. The summed E-state index contributed by atoms with van der Waals surface area (Å²) in [6.45, 7) is 7.95. The molecule has 0 N–H and O–H groups in total. The van der Waals surface area contributed by atoms with Gasteiger partial charge in [-0.2, -0.15) is 0 Å². The highest BCUT2D eigenvalue weighted by Gasteiger charge is 2.45. The fraction of sp³-hybridized carbons (Fsp3) is 0.400. The zero-order valence-electron chi connectivity index (χ0n) is 24.6. The zero-order chi connectivity index (χ0) is 31.9. The van der Waals surface area contributed by atoms with Gasteiger partial charge in [-0.15, -0.1) is 0 Å². The van der Waals surface area contributed by atoms with Gasteiger partial charge in [0.1, 0.15) is 13.2 Å². The summed E-state index contributed by atoms with van der Waals surface area (Å²) in [4.78, 5) is 74.6. The van der Waals surface area contributed by atoms with Crippen LogP contribution >= 0.6 is 0 Å². The van der Waals surface area contributed by atoms with Gasteiger partial charge in [-0.25, -0.2) is 28.8 Å². The van der Waals surface area contributed by atoms with Gasteiger partial charge in [0.05, 0.1) is 0 Å². The fourth-order valence-electron chi connectivity index (χ4n) is 3.07. The van der Waals surface area contributed by atoms with Crippen LogP contribution < -0.4 is 0 Å². The Morgan fingerprint density at radius 2 is 0.643 bits per heavy atom. The Bertz CT molecular complexity index is 1010. The van der Waals surface area contributed by atoms with Crippen LogP contribution in [-0.4, -0.2) is 73.4 Å². The number of esters is 6. The summed E-state index contributed by atoms with van der Waals surface area (Å²) in [6.07, 6.45) is 7.92. The number of carbonyl (C=O) groups is 6. The smallest absolute Gasteiger partial charge is 0.330 e. The van der Waals surface area contributed by atoms with Crippen molar-refractivity contribution in [2.75, 3.05) is 13.2 Å². The molecule has 42 heavy (non-hydrogen) atoms. The number of rotatable bonds is 17. The minimum absolute atomic E-state index is 0.675. The van der Waals surface area contributed by atoms with Crippen LogP contribution in [0.15, 0.2) is 72.9 Å². The number of ether oxygens (including phenoxy) is 6. The maximum atomic E-state index is 12.7. The molecule has 0 spiro atoms. The summed E-state index contributed by atoms with van der Waals surface area (Å²) in [6, 6.07) is 0. The van der Waals surface area contributed by atoms with Gasteiger partial charge in [0.2, 0.25) is 0 Å². The summed E-state index contributed by atoms with van der Waals surface area (Å²) >= 11 is 0. The van der Waals surface area contributed by atoms with Gasteiger partial charge in [-0.1, -0.05) is 36.5 Å². The highest BCUT2D eigenvalue weighted by atomic mass is 16.6. The van der Waals surface area contributed by atoms with Crippen LogP contribution in [0, 0.1) is 0 Å². The lowest BCUT2D eigenvalue weighted by Crippen LogP contribution is -2.54. The van der Waals surface area contributed by atoms with E-state index >= 15 is 0 Å². The quantitative estimate of drug-likeness (QED) is 0.139. The van der Waals surface area contributed by atoms with E-state index in [0.717, 1.165) is 36.5 Å². The molecule has 0 heterocycles. The third-order valence-electron chi connectivity index (χ3n) is 4.69. The average molecular weight is 591 g/mol. The van der Waals surface area contributed by atoms with E-state index in [4.69, 9.17) is 28.4 Å². The molecule has 12 heteroatoms. The Balaban J connectivity index is 7.10. The molecule has 0 aliphatic rings. The van der Waals surface area contributed by atoms with E-state index in [1.807, 2.05) is 0 Å². The molecule has 4 atom stereocenters. The first-order chi connectivity index (χ1) is 20.1. The molecule has 0 unspecified atom stereocenters. The normalized spacial score (nSPS) is 14.7. The summed E-state index contributed by atoms with van der Waals surface area (Å²) in [7, 11) is 0. The van der Waals surface area contributed by atoms with Crippen LogP contribution in [0.5, 0.6) is 0 Å². The molecular formula is C30H38O12. The van der Waals surface area contributed by atoms with Gasteiger partial charge in [-0.3, -0.25) is 0 Å². The van der Waals surface area contributed by atoms with Crippen molar-refractivity contribution >= 4 is 35.8 Å². The van der Waals surface area contributed by atoms with Crippen LogP contribution in [0.25, 0.3) is 0 Å². The van der Waals surface area contributed by atoms with E-state index in [1.54, 1.807) is 27.7 Å². The first-order valence-corrected chi connectivity index (χ1v) is 13.0. The molecule has 0 amide bonds. The van der Waals surface area contributed by atoms with Gasteiger partial charge in [0.15, 0.2) is 24.4 Å². The number of hydrogen-bond acceptors (Lipinski definition) is 12. The monoisotopic (exact) mass is 590 g/mol. The van der Waals surface area contributed by atoms with Crippen LogP contribution in [0.2, 0.25) is 0 Å². The van der Waals surface area contributed by atoms with Crippen molar-refractivity contribution in [2.24, 2.45) is 0 Å². The Labute approximate surface area is 245 Å². The summed E-state index contributed by atoms with van der Waals surface area (Å²) in [5, 5.41) is 0. The number of hydrogen-bond donors (Lipinski definition) is 0. The van der Waals surface area contributed by atoms with Crippen molar-refractivity contribution < 1.29 is 57.2 Å². The highest BCUT2D eigenvalue weighted by molar-refractivity contribution is 5.85. The first-order valence-electron chi connectivity index (χ1n) is 13.0. The maximum absolute atomic E-state index is 12.7. The minimum atomic E-state index is -1.75. The second kappa shape index (κ2) is 22.0. The van der Waals surface area contributed by atoms with E-state index in [0.29, 0.717) is 0 Å². The lowest BCUT2D eigenvalue weighted by atomic mass is 10.0. The standard InChI is InChI=1S/C30H38O12/c1-7-13-23(31)37-19-21(39-25(33)15-9-3)29(41-27(35)17-11-5)30(42-28(36)18-12-6)22(40-26(34)16-10-4)20-38-24(32)14-8-2/h7-18,21-22,29-30H,19-20H2,1-6H3/b13-7+,14-8+,15-9+,16-10+,17-11+,18-12+/t21-,22+,29-,30-/m1/s1. The summed E-state index contributed by atoms with van der Waals surface area (Å²) in [5.74, 6) is -5.41. The van der Waals surface area contributed by atoms with E-state index < -0.39 is 73.4 Å². The molecule has 0 aromatic heterocycles. The van der Waals surface area contributed by atoms with Gasteiger partial charge >= 0.3 is 35.8 Å². The second-order valence-corrected chi connectivity index (χ2v) is 8.01. The molecule has 0 bridgehead atoms. The minimum Gasteiger partial charge on any atom is -0.458 e. The van der Waals surface area contributed by atoms with Crippen molar-refractivity contribution in [1.29, 1.82) is 0 Å². The molecule has 230 valence electrons. The highest BCUT2D eigenvalue weighted by Crippen LogP contribution is 2.21. The topological polar surface area (TPSA) is 158 Å². The molecule has 0 rings (SSSR count). The van der Waals surface area contributed by atoms with Gasteiger partial charge in [-0.05, 0) is 41.5 Å². The molecule has 0 saturated heterocycles. The van der Waals surface area contributed by atoms with E-state index in [9.17, 15) is 28.8 Å². The Morgan fingerprint density at radius 1 is 0.405 bits per heavy atom. The van der Waals surface area contributed by atoms with Crippen LogP contribution in [-0.2, 0) is 57.2 Å². The molecule has 0 aliphatic heterocycles. The van der Waals surface area contributed by atoms with E-state index in [1.165, 1.54) is 50.3 Å². The lowest BCUT2D eigenvalue weighted by Gasteiger charge is -2.35. The molecule has 0 radical (unpaired) electrons. The van der Waals surface area contributed by atoms with Crippen molar-refractivity contribution in [3.8, 4) is 0 Å². The van der Waals surface area contributed by atoms with Gasteiger partial charge in [0.25, 0.3) is 0 Å². The maximum Gasteiger partial charge on any atom is 0.330 e. The third kappa shape index (κ3) is 15.8. The second-order valence-electron chi connectivity index (χ2n) is 8.01. The molecule has 0 aromatic carbocycles. The average Bonchev–Trinajstić information content (AvgIpc) is 2.92. The Morgan fingerprint density at radius 3 is 0.905 bits per heavy atom. The third-order valence-corrected chi connectivity index (χ3v) is 4.69. The largest absolute Gasteiger partial charge is 0.458 e. The van der Waals surface area contributed by atoms with Crippen molar-refractivity contribution in [3.05, 3.63) is 72.9 Å². The predicted octanol–water partition coefficient (Wildman–Crippen LogP) is 3.18. The molecule has 0 saturated carbocycles. The van der Waals surface area contributed by atoms with Crippen LogP contribution in [0.1, 0.15) is 41.5 Å². The Kier molecular flexibility index (Phi) is 19.5. The van der Waals surface area contributed by atoms with E-state index in [-0.39, 0.29) is 0 Å². The van der Waals surface area contributed by atoms with E-state index in [2.05, 4.69) is 0 Å². The predicted molar refractivity (Wildman–Crippen MR) is 150 cm³/mol. The molecule has 0 aromatic rings. The first kappa shape index (κ1) is 37.3. The number of allylic oxidation sites excluding steroid dienone is 6.